The summed E-state index contributed by atoms with van der Waals surface area (Å²) in [6.45, 7) is 16.3. The molecule has 4 N–H and O–H groups in total. The van der Waals surface area contributed by atoms with Gasteiger partial charge in [-0.25, -0.2) is 4.79 Å². The first-order valence-electron chi connectivity index (χ1n) is 24.8. The molecular weight excluding hydrogens is 863 g/mol. The number of nitrogens with zero attached hydrogens (tertiary/aromatic N) is 1. The van der Waals surface area contributed by atoms with Crippen LogP contribution >= 0.6 is 0 Å². The van der Waals surface area contributed by atoms with Gasteiger partial charge in [0.2, 0.25) is 5.79 Å². The number of esters is 1. The monoisotopic (exact) mass is 948 g/mol. The number of methoxy groups -OCH3 is 2. The molecule has 15 atom stereocenters. The molecule has 15 nitrogen and oxygen atoms in total. The van der Waals surface area contributed by atoms with Crippen molar-refractivity contribution in [1.29, 1.82) is 0 Å². The number of aliphatic hydroxyl groups excluding tert-OH is 3. The average Bonchev–Trinajstić information content (AvgIpc) is 3.30. The van der Waals surface area contributed by atoms with Crippen LogP contribution in [0, 0.1) is 35.5 Å². The van der Waals surface area contributed by atoms with E-state index in [-0.39, 0.29) is 80.4 Å². The van der Waals surface area contributed by atoms with E-state index < -0.39 is 77.9 Å². The number of piperidine rings is 1. The van der Waals surface area contributed by atoms with E-state index >= 15 is 0 Å². The summed E-state index contributed by atoms with van der Waals surface area (Å²) in [6.07, 6.45) is 7.29. The predicted octanol–water partition coefficient (Wildman–Crippen LogP) is 6.01. The van der Waals surface area contributed by atoms with Gasteiger partial charge in [0.25, 0.3) is 11.7 Å². The van der Waals surface area contributed by atoms with Crippen molar-refractivity contribution >= 4 is 29.2 Å². The third-order valence-electron chi connectivity index (χ3n) is 14.6. The van der Waals surface area contributed by atoms with Gasteiger partial charge in [0.1, 0.15) is 30.1 Å². The zero-order chi connectivity index (χ0) is 50.2. The molecule has 15 heteroatoms. The molecule has 67 heavy (non-hydrogen) atoms. The summed E-state index contributed by atoms with van der Waals surface area (Å²) >= 11 is 0. The van der Waals surface area contributed by atoms with Crippen molar-refractivity contribution in [2.75, 3.05) is 34.0 Å². The van der Waals surface area contributed by atoms with Crippen LogP contribution < -0.4 is 0 Å². The molecule has 3 aliphatic rings. The maximum Gasteiger partial charge on any atom is 0.329 e. The zero-order valence-electron chi connectivity index (χ0n) is 42.3. The number of ether oxygens (including phenoxy) is 5. The topological polar surface area (TPSA) is 216 Å². The lowest BCUT2D eigenvalue weighted by atomic mass is 9.78. The Kier molecular flexibility index (Phi) is 24.2. The molecule has 3 fully saturated rings. The Labute approximate surface area is 400 Å². The summed E-state index contributed by atoms with van der Waals surface area (Å²) in [4.78, 5) is 71.5. The summed E-state index contributed by atoms with van der Waals surface area (Å²) in [5.74, 6) is -7.91. The Hall–Kier alpha value is -3.15. The summed E-state index contributed by atoms with van der Waals surface area (Å²) in [7, 11) is 2.93. The zero-order valence-corrected chi connectivity index (χ0v) is 42.3. The van der Waals surface area contributed by atoms with E-state index in [1.165, 1.54) is 12.0 Å². The normalized spacial score (nSPS) is 29.0. The lowest BCUT2D eigenvalue weighted by Gasteiger charge is -2.43. The average molecular weight is 948 g/mol. The van der Waals surface area contributed by atoms with E-state index in [0.717, 1.165) is 5.57 Å². The van der Waals surface area contributed by atoms with Gasteiger partial charge in [0.15, 0.2) is 5.78 Å². The summed E-state index contributed by atoms with van der Waals surface area (Å²) < 4.78 is 29.3. The number of hydrogen-bond acceptors (Lipinski definition) is 14. The number of allylic oxidation sites excluding steroid dienone is 4. The standard InChI is InChI=1S/C52H85NO14/c1-12-16-31(3)25-35(7)46(57)48(64-11)47(58)36(8)26-33(5)42(56)30-44(34(6)27-38-19-21-41(55)45(28-38)63-10)66-51(61)40-17-14-15-22-53(40)50(60)49(59)52(62)37(9)18-20-39(67-52)29-43(32(4)13-2)65-24-23-54/h12-13,16,26,31,33-35,37-41,43-45,47-48,54-55,58,62H,14-15,17-25,27-30H2,1-11H3/b16-12+,32-13+,36-26+/t31-,33-,34-,35-,37-,38+,39+,40+,41-,43?,44+,45-,47-,48+,52-/m1/s1. The fraction of sp³-hybridized carbons (Fsp3) is 0.788. The molecule has 0 radical (unpaired) electrons. The Bertz CT molecular complexity index is 1710. The number of carbonyl (C=O) groups excluding carboxylic acids is 5. The molecule has 0 spiro atoms. The second-order valence-electron chi connectivity index (χ2n) is 19.8. The molecule has 0 aromatic carbocycles. The second kappa shape index (κ2) is 27.9. The quantitative estimate of drug-likeness (QED) is 0.0444. The molecule has 2 saturated heterocycles. The largest absolute Gasteiger partial charge is 0.460 e. The smallest absolute Gasteiger partial charge is 0.329 e. The minimum atomic E-state index is -2.46. The van der Waals surface area contributed by atoms with Crippen LogP contribution in [0.4, 0.5) is 0 Å². The molecule has 382 valence electrons. The summed E-state index contributed by atoms with van der Waals surface area (Å²) in [5.41, 5.74) is 1.28. The van der Waals surface area contributed by atoms with Crippen molar-refractivity contribution < 1.29 is 68.1 Å². The fourth-order valence-electron chi connectivity index (χ4n) is 10.1. The highest BCUT2D eigenvalue weighted by molar-refractivity contribution is 6.39. The van der Waals surface area contributed by atoms with E-state index in [0.29, 0.717) is 63.4 Å². The van der Waals surface area contributed by atoms with Gasteiger partial charge in [-0.05, 0) is 121 Å². The van der Waals surface area contributed by atoms with Crippen molar-refractivity contribution in [3.8, 4) is 0 Å². The second-order valence-corrected chi connectivity index (χ2v) is 19.8. The molecule has 1 amide bonds. The lowest BCUT2D eigenvalue weighted by molar-refractivity contribution is -0.266. The molecule has 2 heterocycles. The van der Waals surface area contributed by atoms with Gasteiger partial charge in [-0.1, -0.05) is 58.9 Å². The van der Waals surface area contributed by atoms with Crippen LogP contribution in [0.3, 0.4) is 0 Å². The first-order valence-corrected chi connectivity index (χ1v) is 24.8. The molecule has 1 unspecified atom stereocenters. The number of hydrogen-bond donors (Lipinski definition) is 4. The van der Waals surface area contributed by atoms with Crippen molar-refractivity contribution in [2.45, 2.75) is 194 Å². The van der Waals surface area contributed by atoms with Crippen molar-refractivity contribution in [3.05, 3.63) is 35.5 Å². The number of aliphatic hydroxyl groups is 4. The third kappa shape index (κ3) is 16.2. The van der Waals surface area contributed by atoms with Gasteiger partial charge in [0, 0.05) is 51.4 Å². The fourth-order valence-corrected chi connectivity index (χ4v) is 10.1. The molecule has 1 aliphatic carbocycles. The molecule has 0 bridgehead atoms. The maximum atomic E-state index is 14.4. The van der Waals surface area contributed by atoms with Crippen LogP contribution in [0.1, 0.15) is 139 Å². The SMILES string of the molecule is C/C=C/[C@@H](C)C[C@@H](C)C(=O)[C@H](OC)[C@H](O)/C(C)=C/[C@@H](C)C(=O)C[C@H](OC(=O)[C@@H]1CCCCN1C(=O)C(=O)[C@]1(O)O[C@H](CC(OCCO)/C(C)=C/C)CC[C@H]1C)[C@H](C)C[C@@H]1CC[C@@H](O)[C@H](OC)C1. The summed E-state index contributed by atoms with van der Waals surface area (Å²) in [6, 6.07) is -1.16. The first kappa shape index (κ1) is 58.2. The Balaban J connectivity index is 1.86. The van der Waals surface area contributed by atoms with Crippen molar-refractivity contribution in [1.82, 2.24) is 4.90 Å². The van der Waals surface area contributed by atoms with E-state index in [4.69, 9.17) is 23.7 Å². The number of likely N-dealkylation sites (tertiary alicyclic amines) is 1. The van der Waals surface area contributed by atoms with Crippen LogP contribution in [0.15, 0.2) is 35.5 Å². The van der Waals surface area contributed by atoms with Gasteiger partial charge in [-0.2, -0.15) is 0 Å². The van der Waals surface area contributed by atoms with E-state index in [1.54, 1.807) is 34.0 Å². The maximum absolute atomic E-state index is 14.4. The predicted molar refractivity (Wildman–Crippen MR) is 253 cm³/mol. The van der Waals surface area contributed by atoms with Crippen molar-refractivity contribution in [2.24, 2.45) is 35.5 Å². The highest BCUT2D eigenvalue weighted by atomic mass is 16.6. The van der Waals surface area contributed by atoms with Gasteiger partial charge in [-0.3, -0.25) is 19.2 Å². The highest BCUT2D eigenvalue weighted by Crippen LogP contribution is 2.38. The molecule has 1 saturated carbocycles. The first-order chi connectivity index (χ1) is 31.7. The molecule has 0 aromatic rings. The van der Waals surface area contributed by atoms with Gasteiger partial charge in [-0.15, -0.1) is 0 Å². The van der Waals surface area contributed by atoms with Crippen LogP contribution in [0.2, 0.25) is 0 Å². The van der Waals surface area contributed by atoms with Gasteiger partial charge >= 0.3 is 5.97 Å². The molecule has 0 aromatic heterocycles. The third-order valence-corrected chi connectivity index (χ3v) is 14.6. The molecule has 3 rings (SSSR count). The molecule has 2 aliphatic heterocycles. The Morgan fingerprint density at radius 2 is 1.64 bits per heavy atom. The minimum absolute atomic E-state index is 0.0692. The van der Waals surface area contributed by atoms with Crippen LogP contribution in [-0.4, -0.2) is 143 Å². The van der Waals surface area contributed by atoms with E-state index in [1.807, 2.05) is 59.8 Å². The number of amides is 1. The number of carbonyl (C=O) groups is 5. The van der Waals surface area contributed by atoms with E-state index in [2.05, 4.69) is 0 Å². The Morgan fingerprint density at radius 1 is 0.940 bits per heavy atom. The minimum Gasteiger partial charge on any atom is -0.460 e. The van der Waals surface area contributed by atoms with Crippen LogP contribution in [0.25, 0.3) is 0 Å². The lowest BCUT2D eigenvalue weighted by Crippen LogP contribution is -2.61. The van der Waals surface area contributed by atoms with E-state index in [9.17, 15) is 44.4 Å². The van der Waals surface area contributed by atoms with Crippen molar-refractivity contribution in [3.63, 3.8) is 0 Å². The van der Waals surface area contributed by atoms with Gasteiger partial charge < -0.3 is 49.0 Å². The Morgan fingerprint density at radius 3 is 2.27 bits per heavy atom. The van der Waals surface area contributed by atoms with Gasteiger partial charge in [0.05, 0.1) is 37.6 Å². The summed E-state index contributed by atoms with van der Waals surface area (Å²) in [5, 5.41) is 43.1. The number of Topliss-reactive ketones (excluding diaryl/α,β-unsaturated/α-hetero) is 3. The van der Waals surface area contributed by atoms with Crippen LogP contribution in [0.5, 0.6) is 0 Å². The number of ketones is 3. The number of rotatable bonds is 26. The highest BCUT2D eigenvalue weighted by Gasteiger charge is 2.53. The molecular formula is C52H85NO14. The van der Waals surface area contributed by atoms with Crippen LogP contribution in [-0.2, 0) is 47.7 Å².